The van der Waals surface area contributed by atoms with Gasteiger partial charge in [-0.05, 0) is 27.7 Å². The van der Waals surface area contributed by atoms with Gasteiger partial charge in [0.15, 0.2) is 9.84 Å². The van der Waals surface area contributed by atoms with Crippen LogP contribution in [0.4, 0.5) is 0 Å². The molecule has 0 aliphatic carbocycles. The van der Waals surface area contributed by atoms with E-state index >= 15 is 0 Å². The van der Waals surface area contributed by atoms with Crippen molar-refractivity contribution in [1.29, 1.82) is 0 Å². The Labute approximate surface area is 109 Å². The first-order valence-corrected chi connectivity index (χ1v) is 7.90. The smallest absolute Gasteiger partial charge is 0.302 e. The van der Waals surface area contributed by atoms with Gasteiger partial charge in [-0.2, -0.15) is 0 Å². The lowest BCUT2D eigenvalue weighted by Gasteiger charge is -2.52. The highest BCUT2D eigenvalue weighted by Crippen LogP contribution is 2.33. The summed E-state index contributed by atoms with van der Waals surface area (Å²) in [6.45, 7) is 9.88. The maximum absolute atomic E-state index is 11.9. The third kappa shape index (κ3) is 3.68. The van der Waals surface area contributed by atoms with Crippen LogP contribution in [0.1, 0.15) is 34.6 Å². The SMILES string of the molecule is CC(=O)OCCN1C(C)(C)CS(=O)(=O)CC1(C)C. The molecule has 0 atom stereocenters. The van der Waals surface area contributed by atoms with Crippen molar-refractivity contribution in [1.82, 2.24) is 4.90 Å². The molecule has 0 bridgehead atoms. The largest absolute Gasteiger partial charge is 0.465 e. The van der Waals surface area contributed by atoms with Crippen molar-refractivity contribution < 1.29 is 17.9 Å². The van der Waals surface area contributed by atoms with Crippen molar-refractivity contribution in [2.75, 3.05) is 24.7 Å². The van der Waals surface area contributed by atoms with Crippen LogP contribution < -0.4 is 0 Å². The van der Waals surface area contributed by atoms with Crippen LogP contribution in [0, 0.1) is 0 Å². The number of carbonyl (C=O) groups is 1. The molecule has 0 radical (unpaired) electrons. The van der Waals surface area contributed by atoms with Gasteiger partial charge in [-0.25, -0.2) is 8.42 Å². The Bertz CT molecular complexity index is 401. The van der Waals surface area contributed by atoms with Gasteiger partial charge < -0.3 is 4.74 Å². The highest BCUT2D eigenvalue weighted by molar-refractivity contribution is 7.91. The molecule has 0 aromatic carbocycles. The average molecular weight is 277 g/mol. The van der Waals surface area contributed by atoms with Crippen LogP contribution in [0.25, 0.3) is 0 Å². The van der Waals surface area contributed by atoms with E-state index in [1.807, 2.05) is 27.7 Å². The van der Waals surface area contributed by atoms with Crippen LogP contribution in [0.5, 0.6) is 0 Å². The molecule has 1 fully saturated rings. The van der Waals surface area contributed by atoms with E-state index in [4.69, 9.17) is 4.74 Å². The van der Waals surface area contributed by atoms with Crippen molar-refractivity contribution in [3.63, 3.8) is 0 Å². The second kappa shape index (κ2) is 4.81. The molecule has 0 amide bonds. The summed E-state index contributed by atoms with van der Waals surface area (Å²) in [6.07, 6.45) is 0. The fraction of sp³-hybridized carbons (Fsp3) is 0.917. The monoisotopic (exact) mass is 277 g/mol. The normalized spacial score (nSPS) is 25.6. The third-order valence-corrected chi connectivity index (χ3v) is 5.52. The molecule has 18 heavy (non-hydrogen) atoms. The summed E-state index contributed by atoms with van der Waals surface area (Å²) in [5.41, 5.74) is -0.887. The molecule has 0 spiro atoms. The standard InChI is InChI=1S/C12H23NO4S/c1-10(14)17-7-6-13-11(2,3)8-18(15,16)9-12(13,4)5/h6-9H2,1-5H3. The number of sulfone groups is 1. The molecular weight excluding hydrogens is 254 g/mol. The Morgan fingerprint density at radius 1 is 1.17 bits per heavy atom. The van der Waals surface area contributed by atoms with Crippen LogP contribution in [-0.2, 0) is 19.4 Å². The summed E-state index contributed by atoms with van der Waals surface area (Å²) in [5.74, 6) is -0.0252. The minimum atomic E-state index is -3.02. The summed E-state index contributed by atoms with van der Waals surface area (Å²) >= 11 is 0. The average Bonchev–Trinajstić information content (AvgIpc) is 2.04. The zero-order valence-electron chi connectivity index (χ0n) is 11.8. The fourth-order valence-electron chi connectivity index (χ4n) is 2.99. The number of nitrogens with zero attached hydrogens (tertiary/aromatic N) is 1. The molecular formula is C12H23NO4S. The molecule has 0 saturated carbocycles. The van der Waals surface area contributed by atoms with Crippen LogP contribution in [0.15, 0.2) is 0 Å². The molecule has 1 heterocycles. The molecule has 106 valence electrons. The molecule has 0 N–H and O–H groups in total. The van der Waals surface area contributed by atoms with E-state index < -0.39 is 20.9 Å². The lowest BCUT2D eigenvalue weighted by Crippen LogP contribution is -2.66. The summed E-state index contributed by atoms with van der Waals surface area (Å²) in [7, 11) is -3.02. The van der Waals surface area contributed by atoms with Gasteiger partial charge in [0.05, 0.1) is 11.5 Å². The molecule has 1 saturated heterocycles. The minimum Gasteiger partial charge on any atom is -0.465 e. The summed E-state index contributed by atoms with van der Waals surface area (Å²) in [6, 6.07) is 0. The van der Waals surface area contributed by atoms with Crippen LogP contribution in [0.3, 0.4) is 0 Å². The number of hydrogen-bond acceptors (Lipinski definition) is 5. The van der Waals surface area contributed by atoms with Gasteiger partial charge in [-0.3, -0.25) is 9.69 Å². The predicted molar refractivity (Wildman–Crippen MR) is 70.2 cm³/mol. The first kappa shape index (κ1) is 15.4. The number of rotatable bonds is 3. The number of esters is 1. The number of ether oxygens (including phenoxy) is 1. The van der Waals surface area contributed by atoms with E-state index in [-0.39, 0.29) is 17.5 Å². The van der Waals surface area contributed by atoms with E-state index in [2.05, 4.69) is 4.90 Å². The van der Waals surface area contributed by atoms with Crippen molar-refractivity contribution in [3.8, 4) is 0 Å². The van der Waals surface area contributed by atoms with Crippen molar-refractivity contribution in [3.05, 3.63) is 0 Å². The van der Waals surface area contributed by atoms with Gasteiger partial charge >= 0.3 is 5.97 Å². The fourth-order valence-corrected chi connectivity index (χ4v) is 5.55. The van der Waals surface area contributed by atoms with Gasteiger partial charge in [0.1, 0.15) is 6.61 Å². The molecule has 6 heteroatoms. The van der Waals surface area contributed by atoms with E-state index in [1.165, 1.54) is 6.92 Å². The van der Waals surface area contributed by atoms with Crippen molar-refractivity contribution >= 4 is 15.8 Å². The van der Waals surface area contributed by atoms with E-state index in [0.717, 1.165) is 0 Å². The first-order valence-electron chi connectivity index (χ1n) is 6.08. The molecule has 0 aromatic rings. The number of carbonyl (C=O) groups excluding carboxylic acids is 1. The molecule has 0 unspecified atom stereocenters. The summed E-state index contributed by atoms with van der Waals surface area (Å²) < 4.78 is 28.7. The Hall–Kier alpha value is -0.620. The Morgan fingerprint density at radius 2 is 1.61 bits per heavy atom. The molecule has 1 aliphatic rings. The lowest BCUT2D eigenvalue weighted by atomic mass is 9.95. The maximum Gasteiger partial charge on any atom is 0.302 e. The van der Waals surface area contributed by atoms with Gasteiger partial charge in [-0.1, -0.05) is 0 Å². The van der Waals surface area contributed by atoms with Crippen LogP contribution >= 0.6 is 0 Å². The number of hydrogen-bond donors (Lipinski definition) is 0. The van der Waals surface area contributed by atoms with Gasteiger partial charge in [0.25, 0.3) is 0 Å². The van der Waals surface area contributed by atoms with Gasteiger partial charge in [-0.15, -0.1) is 0 Å². The van der Waals surface area contributed by atoms with Gasteiger partial charge in [0.2, 0.25) is 0 Å². The van der Waals surface area contributed by atoms with E-state index in [1.54, 1.807) is 0 Å². The van der Waals surface area contributed by atoms with Crippen molar-refractivity contribution in [2.24, 2.45) is 0 Å². The lowest BCUT2D eigenvalue weighted by molar-refractivity contribution is -0.142. The molecule has 1 aliphatic heterocycles. The Morgan fingerprint density at radius 3 is 2.00 bits per heavy atom. The second-order valence-corrected chi connectivity index (χ2v) is 8.21. The zero-order valence-corrected chi connectivity index (χ0v) is 12.6. The van der Waals surface area contributed by atoms with Crippen LogP contribution in [0.2, 0.25) is 0 Å². The van der Waals surface area contributed by atoms with Crippen molar-refractivity contribution in [2.45, 2.75) is 45.7 Å². The van der Waals surface area contributed by atoms with Gasteiger partial charge in [0, 0.05) is 24.5 Å². The maximum atomic E-state index is 11.9. The molecule has 1 rings (SSSR count). The second-order valence-electron chi connectivity index (χ2n) is 6.15. The quantitative estimate of drug-likeness (QED) is 0.715. The zero-order chi connectivity index (χ0) is 14.2. The highest BCUT2D eigenvalue weighted by Gasteiger charge is 2.47. The van der Waals surface area contributed by atoms with E-state index in [0.29, 0.717) is 13.2 Å². The summed E-state index contributed by atoms with van der Waals surface area (Å²) in [4.78, 5) is 12.9. The predicted octanol–water partition coefficient (Wildman–Crippen LogP) is 0.837. The summed E-state index contributed by atoms with van der Waals surface area (Å²) in [5, 5.41) is 0. The molecule has 5 nitrogen and oxygen atoms in total. The Balaban J connectivity index is 2.84. The third-order valence-electron chi connectivity index (χ3n) is 3.23. The highest BCUT2D eigenvalue weighted by atomic mass is 32.2. The first-order chi connectivity index (χ1) is 7.96. The van der Waals surface area contributed by atoms with Crippen LogP contribution in [-0.4, -0.2) is 55.0 Å². The van der Waals surface area contributed by atoms with E-state index in [9.17, 15) is 13.2 Å². The topological polar surface area (TPSA) is 63.7 Å². The minimum absolute atomic E-state index is 0.142. The Kier molecular flexibility index (Phi) is 4.13. The molecule has 0 aromatic heterocycles.